The van der Waals surface area contributed by atoms with Crippen molar-refractivity contribution in [2.24, 2.45) is 0 Å². The van der Waals surface area contributed by atoms with E-state index in [1.54, 1.807) is 12.1 Å². The van der Waals surface area contributed by atoms with Crippen LogP contribution in [-0.2, 0) is 10.0 Å². The van der Waals surface area contributed by atoms with Crippen LogP contribution in [0.5, 0.6) is 5.75 Å². The van der Waals surface area contributed by atoms with Crippen LogP contribution in [0, 0.1) is 22.7 Å². The molecule has 10 heteroatoms. The molecule has 0 heterocycles. The Labute approximate surface area is 118 Å². The highest BCUT2D eigenvalue weighted by atomic mass is 32.2. The molecule has 1 aromatic rings. The molecule has 0 aliphatic rings. The maximum Gasteiger partial charge on any atom is 0.573 e. The minimum absolute atomic E-state index is 0.345. The van der Waals surface area contributed by atoms with Gasteiger partial charge in [0.05, 0.1) is 17.0 Å². The Morgan fingerprint density at radius 2 is 1.57 bits per heavy atom. The molecule has 1 aromatic carbocycles. The molecule has 0 atom stereocenters. The van der Waals surface area contributed by atoms with Gasteiger partial charge in [0.15, 0.2) is 0 Å². The Bertz CT molecular complexity index is 656. The highest BCUT2D eigenvalue weighted by Crippen LogP contribution is 2.24. The maximum atomic E-state index is 12.1. The predicted octanol–water partition coefficient (Wildman–Crippen LogP) is 1.62. The molecule has 21 heavy (non-hydrogen) atoms. The van der Waals surface area contributed by atoms with Crippen LogP contribution in [0.4, 0.5) is 13.2 Å². The first-order valence-corrected chi connectivity index (χ1v) is 6.74. The SMILES string of the molecule is N#CCN(CC#N)S(=O)(=O)c1ccc(OC(F)(F)F)cc1. The van der Waals surface area contributed by atoms with Crippen LogP contribution in [0.25, 0.3) is 0 Å². The number of benzene rings is 1. The van der Waals surface area contributed by atoms with E-state index in [0.29, 0.717) is 4.31 Å². The van der Waals surface area contributed by atoms with E-state index in [0.717, 1.165) is 24.3 Å². The fourth-order valence-corrected chi connectivity index (χ4v) is 2.58. The molecule has 0 amide bonds. The molecular formula is C11H8F3N3O3S. The summed E-state index contributed by atoms with van der Waals surface area (Å²) in [7, 11) is -4.13. The van der Waals surface area contributed by atoms with Crippen molar-refractivity contribution in [3.63, 3.8) is 0 Å². The second-order valence-electron chi connectivity index (χ2n) is 3.61. The number of nitriles is 2. The highest BCUT2D eigenvalue weighted by Gasteiger charge is 2.31. The van der Waals surface area contributed by atoms with Crippen LogP contribution in [0.3, 0.4) is 0 Å². The van der Waals surface area contributed by atoms with Crippen molar-refractivity contribution in [3.05, 3.63) is 24.3 Å². The van der Waals surface area contributed by atoms with Gasteiger partial charge in [-0.2, -0.15) is 14.8 Å². The Morgan fingerprint density at radius 1 is 1.10 bits per heavy atom. The van der Waals surface area contributed by atoms with Crippen molar-refractivity contribution in [2.45, 2.75) is 11.3 Å². The first-order chi connectivity index (χ1) is 9.70. The maximum absolute atomic E-state index is 12.1. The summed E-state index contributed by atoms with van der Waals surface area (Å²) in [5.74, 6) is -0.575. The van der Waals surface area contributed by atoms with Crippen LogP contribution in [0.2, 0.25) is 0 Å². The molecule has 0 bridgehead atoms. The molecule has 0 radical (unpaired) electrons. The number of nitrogens with zero attached hydrogens (tertiary/aromatic N) is 3. The summed E-state index contributed by atoms with van der Waals surface area (Å²) in [4.78, 5) is -0.345. The third kappa shape index (κ3) is 4.63. The van der Waals surface area contributed by atoms with Gasteiger partial charge < -0.3 is 4.74 Å². The number of ether oxygens (including phenoxy) is 1. The number of hydrogen-bond donors (Lipinski definition) is 0. The predicted molar refractivity (Wildman–Crippen MR) is 63.1 cm³/mol. The Hall–Kier alpha value is -2.30. The van der Waals surface area contributed by atoms with Gasteiger partial charge in [-0.1, -0.05) is 0 Å². The van der Waals surface area contributed by atoms with Crippen LogP contribution < -0.4 is 4.74 Å². The fraction of sp³-hybridized carbons (Fsp3) is 0.273. The Kier molecular flexibility index (Phi) is 5.13. The normalized spacial score (nSPS) is 11.7. The molecule has 0 spiro atoms. The highest BCUT2D eigenvalue weighted by molar-refractivity contribution is 7.89. The summed E-state index contributed by atoms with van der Waals surface area (Å²) < 4.78 is 64.3. The topological polar surface area (TPSA) is 94.2 Å². The van der Waals surface area contributed by atoms with Crippen molar-refractivity contribution < 1.29 is 26.3 Å². The molecule has 0 saturated carbocycles. The van der Waals surface area contributed by atoms with Gasteiger partial charge in [0, 0.05) is 0 Å². The smallest absolute Gasteiger partial charge is 0.406 e. The van der Waals surface area contributed by atoms with Crippen molar-refractivity contribution in [2.75, 3.05) is 13.1 Å². The zero-order chi connectivity index (χ0) is 16.1. The minimum atomic E-state index is -4.88. The lowest BCUT2D eigenvalue weighted by atomic mass is 10.3. The van der Waals surface area contributed by atoms with Gasteiger partial charge in [-0.25, -0.2) is 8.42 Å². The number of rotatable bonds is 5. The number of alkyl halides is 3. The van der Waals surface area contributed by atoms with Crippen LogP contribution >= 0.6 is 0 Å². The monoisotopic (exact) mass is 319 g/mol. The molecule has 0 aliphatic heterocycles. The van der Waals surface area contributed by atoms with Gasteiger partial charge in [-0.05, 0) is 24.3 Å². The zero-order valence-corrected chi connectivity index (χ0v) is 11.1. The molecule has 112 valence electrons. The van der Waals surface area contributed by atoms with Crippen LogP contribution in [0.1, 0.15) is 0 Å². The summed E-state index contributed by atoms with van der Waals surface area (Å²) in [6, 6.07) is 6.65. The average molecular weight is 319 g/mol. The molecule has 0 saturated heterocycles. The molecular weight excluding hydrogens is 311 g/mol. The number of sulfonamides is 1. The average Bonchev–Trinajstić information content (AvgIpc) is 2.37. The van der Waals surface area contributed by atoms with Crippen LogP contribution in [-0.4, -0.2) is 32.2 Å². The zero-order valence-electron chi connectivity index (χ0n) is 10.3. The van der Waals surface area contributed by atoms with E-state index in [-0.39, 0.29) is 4.90 Å². The number of halogens is 3. The fourth-order valence-electron chi connectivity index (χ4n) is 1.35. The van der Waals surface area contributed by atoms with E-state index in [2.05, 4.69) is 4.74 Å². The van der Waals surface area contributed by atoms with Gasteiger partial charge in [0.25, 0.3) is 0 Å². The van der Waals surface area contributed by atoms with E-state index in [1.807, 2.05) is 0 Å². The van der Waals surface area contributed by atoms with Gasteiger partial charge >= 0.3 is 6.36 Å². The largest absolute Gasteiger partial charge is 0.573 e. The molecule has 0 aliphatic carbocycles. The lowest BCUT2D eigenvalue weighted by Gasteiger charge is -2.16. The minimum Gasteiger partial charge on any atom is -0.406 e. The lowest BCUT2D eigenvalue weighted by molar-refractivity contribution is -0.274. The van der Waals surface area contributed by atoms with E-state index >= 15 is 0 Å². The third-order valence-electron chi connectivity index (χ3n) is 2.19. The summed E-state index contributed by atoms with van der Waals surface area (Å²) in [5, 5.41) is 17.1. The Balaban J connectivity index is 3.05. The number of hydrogen-bond acceptors (Lipinski definition) is 5. The molecule has 0 aromatic heterocycles. The first-order valence-electron chi connectivity index (χ1n) is 5.30. The van der Waals surface area contributed by atoms with E-state index in [9.17, 15) is 21.6 Å². The Morgan fingerprint density at radius 3 is 1.95 bits per heavy atom. The first kappa shape index (κ1) is 16.8. The summed E-state index contributed by atoms with van der Waals surface area (Å²) in [6.45, 7) is -1.09. The molecule has 0 N–H and O–H groups in total. The quantitative estimate of drug-likeness (QED) is 0.769. The molecule has 0 unspecified atom stereocenters. The second-order valence-corrected chi connectivity index (χ2v) is 5.55. The van der Waals surface area contributed by atoms with Crippen molar-refractivity contribution in [1.29, 1.82) is 10.5 Å². The standard InChI is InChI=1S/C11H8F3N3O3S/c12-11(13,14)20-9-1-3-10(4-2-9)21(18,19)17(7-5-15)8-6-16/h1-4H,7-8H2. The van der Waals surface area contributed by atoms with E-state index in [4.69, 9.17) is 10.5 Å². The van der Waals surface area contributed by atoms with Crippen molar-refractivity contribution in [3.8, 4) is 17.9 Å². The van der Waals surface area contributed by atoms with E-state index < -0.39 is 35.2 Å². The summed E-state index contributed by atoms with van der Waals surface area (Å²) in [6.07, 6.45) is -4.88. The second kappa shape index (κ2) is 6.43. The van der Waals surface area contributed by atoms with Gasteiger partial charge in [-0.15, -0.1) is 13.2 Å². The lowest BCUT2D eigenvalue weighted by Crippen LogP contribution is -2.31. The van der Waals surface area contributed by atoms with Gasteiger partial charge in [0.1, 0.15) is 18.8 Å². The summed E-state index contributed by atoms with van der Waals surface area (Å²) >= 11 is 0. The molecule has 6 nitrogen and oxygen atoms in total. The third-order valence-corrected chi connectivity index (χ3v) is 4.00. The van der Waals surface area contributed by atoms with Crippen molar-refractivity contribution >= 4 is 10.0 Å². The van der Waals surface area contributed by atoms with Crippen LogP contribution in [0.15, 0.2) is 29.2 Å². The molecule has 1 rings (SSSR count). The van der Waals surface area contributed by atoms with Gasteiger partial charge in [-0.3, -0.25) is 0 Å². The van der Waals surface area contributed by atoms with Gasteiger partial charge in [0.2, 0.25) is 10.0 Å². The molecule has 0 fully saturated rings. The summed E-state index contributed by atoms with van der Waals surface area (Å²) in [5.41, 5.74) is 0. The van der Waals surface area contributed by atoms with Crippen molar-refractivity contribution in [1.82, 2.24) is 4.31 Å². The van der Waals surface area contributed by atoms with E-state index in [1.165, 1.54) is 0 Å².